The highest BCUT2D eigenvalue weighted by molar-refractivity contribution is 5.71. The summed E-state index contributed by atoms with van der Waals surface area (Å²) in [4.78, 5) is 38.2. The molecule has 0 aromatic carbocycles. The van der Waals surface area contributed by atoms with Crippen molar-refractivity contribution in [3.8, 4) is 0 Å². The number of carbonyl (C=O) groups excluding carboxylic acids is 3. The third-order valence-corrected chi connectivity index (χ3v) is 13.8. The fraction of sp³-hybridized carbons (Fsp3) is 0.918. The predicted octanol–water partition coefficient (Wildman–Crippen LogP) is 20.1. The molecule has 0 unspecified atom stereocenters. The van der Waals surface area contributed by atoms with E-state index < -0.39 is 6.10 Å². The molecule has 0 aromatic heterocycles. The SMILES string of the molecule is CCCCCC/C=C\CCCCCCCCCC(=O)OC[C@H](COC(=O)CCCCCCCCCCCCCCCCCCCCCCC)OC(=O)CCCCCCCCCCCCCCC. The van der Waals surface area contributed by atoms with Crippen molar-refractivity contribution < 1.29 is 28.6 Å². The summed E-state index contributed by atoms with van der Waals surface area (Å²) in [6.45, 7) is 6.69. The summed E-state index contributed by atoms with van der Waals surface area (Å²) in [6.07, 6.45) is 64.9. The molecule has 0 rings (SSSR count). The molecule has 0 saturated heterocycles. The number of rotatable bonds is 56. The maximum atomic E-state index is 12.8. The molecule has 396 valence electrons. The smallest absolute Gasteiger partial charge is 0.306 e. The molecule has 0 spiro atoms. The van der Waals surface area contributed by atoms with Gasteiger partial charge in [-0.05, 0) is 44.9 Å². The summed E-state index contributed by atoms with van der Waals surface area (Å²) in [5, 5.41) is 0. The van der Waals surface area contributed by atoms with Crippen molar-refractivity contribution in [2.75, 3.05) is 13.2 Å². The first kappa shape index (κ1) is 65.1. The third-order valence-electron chi connectivity index (χ3n) is 13.8. The highest BCUT2D eigenvalue weighted by Gasteiger charge is 2.19. The van der Waals surface area contributed by atoms with E-state index in [1.807, 2.05) is 0 Å². The van der Waals surface area contributed by atoms with Gasteiger partial charge in [-0.3, -0.25) is 14.4 Å². The van der Waals surface area contributed by atoms with E-state index in [1.165, 1.54) is 244 Å². The maximum absolute atomic E-state index is 12.8. The summed E-state index contributed by atoms with van der Waals surface area (Å²) in [5.41, 5.74) is 0. The Labute approximate surface area is 418 Å². The van der Waals surface area contributed by atoms with Crippen molar-refractivity contribution in [3.63, 3.8) is 0 Å². The van der Waals surface area contributed by atoms with Crippen LogP contribution in [0, 0.1) is 0 Å². The topological polar surface area (TPSA) is 78.9 Å². The van der Waals surface area contributed by atoms with E-state index in [1.54, 1.807) is 0 Å². The Morgan fingerprint density at radius 2 is 0.493 bits per heavy atom. The monoisotopic (exact) mass is 945 g/mol. The normalized spacial score (nSPS) is 12.0. The molecule has 0 bridgehead atoms. The zero-order valence-electron chi connectivity index (χ0n) is 45.5. The molecule has 67 heavy (non-hydrogen) atoms. The molecule has 1 atom stereocenters. The minimum Gasteiger partial charge on any atom is -0.462 e. The van der Waals surface area contributed by atoms with Gasteiger partial charge in [0.15, 0.2) is 6.10 Å². The van der Waals surface area contributed by atoms with Gasteiger partial charge in [0.25, 0.3) is 0 Å². The number of allylic oxidation sites excluding steroid dienone is 2. The molecule has 6 heteroatoms. The fourth-order valence-corrected chi connectivity index (χ4v) is 9.21. The standard InChI is InChI=1S/C61H116O6/c1-4-7-10-13-16-19-22-25-27-28-29-30-31-32-34-37-39-42-45-48-51-54-60(63)66-57-58(67-61(64)55-52-49-46-43-40-35-24-21-18-15-12-9-6-3)56-65-59(62)53-50-47-44-41-38-36-33-26-23-20-17-14-11-8-5-2/h20,23,58H,4-19,21-22,24-57H2,1-3H3/b23-20-/t58-/m1/s1. The summed E-state index contributed by atoms with van der Waals surface area (Å²) in [7, 11) is 0. The van der Waals surface area contributed by atoms with Gasteiger partial charge >= 0.3 is 17.9 Å². The van der Waals surface area contributed by atoms with Crippen molar-refractivity contribution in [2.45, 2.75) is 348 Å². The lowest BCUT2D eigenvalue weighted by Crippen LogP contribution is -2.30. The third kappa shape index (κ3) is 55.0. The summed E-state index contributed by atoms with van der Waals surface area (Å²) < 4.78 is 16.9. The first-order valence-electron chi connectivity index (χ1n) is 30.2. The van der Waals surface area contributed by atoms with E-state index in [9.17, 15) is 14.4 Å². The van der Waals surface area contributed by atoms with Crippen molar-refractivity contribution in [3.05, 3.63) is 12.2 Å². The summed E-state index contributed by atoms with van der Waals surface area (Å²) in [5.74, 6) is -0.844. The van der Waals surface area contributed by atoms with Gasteiger partial charge in [-0.25, -0.2) is 0 Å². The Morgan fingerprint density at radius 1 is 0.284 bits per heavy atom. The molecular weight excluding hydrogens is 829 g/mol. The summed E-state index contributed by atoms with van der Waals surface area (Å²) >= 11 is 0. The fourth-order valence-electron chi connectivity index (χ4n) is 9.21. The van der Waals surface area contributed by atoms with Crippen LogP contribution in [-0.2, 0) is 28.6 Å². The zero-order chi connectivity index (χ0) is 48.6. The molecule has 0 aromatic rings. The molecule has 0 fully saturated rings. The molecule has 0 radical (unpaired) electrons. The highest BCUT2D eigenvalue weighted by Crippen LogP contribution is 2.18. The van der Waals surface area contributed by atoms with Gasteiger partial charge in [0.2, 0.25) is 0 Å². The van der Waals surface area contributed by atoms with Crippen molar-refractivity contribution in [1.82, 2.24) is 0 Å². The van der Waals surface area contributed by atoms with Crippen LogP contribution in [0.2, 0.25) is 0 Å². The van der Waals surface area contributed by atoms with Gasteiger partial charge < -0.3 is 14.2 Å². The average Bonchev–Trinajstić information content (AvgIpc) is 3.33. The lowest BCUT2D eigenvalue weighted by atomic mass is 10.0. The maximum Gasteiger partial charge on any atom is 0.306 e. The Bertz CT molecular complexity index is 1040. The minimum absolute atomic E-state index is 0.0650. The molecule has 0 aliphatic heterocycles. The number of carbonyl (C=O) groups is 3. The molecule has 0 saturated carbocycles. The largest absolute Gasteiger partial charge is 0.462 e. The van der Waals surface area contributed by atoms with Gasteiger partial charge in [-0.2, -0.15) is 0 Å². The molecule has 6 nitrogen and oxygen atoms in total. The second-order valence-corrected chi connectivity index (χ2v) is 20.6. The Balaban J connectivity index is 4.25. The Morgan fingerprint density at radius 3 is 0.761 bits per heavy atom. The van der Waals surface area contributed by atoms with Crippen LogP contribution < -0.4 is 0 Å². The van der Waals surface area contributed by atoms with Crippen LogP contribution in [0.15, 0.2) is 12.2 Å². The molecular formula is C61H116O6. The van der Waals surface area contributed by atoms with Crippen LogP contribution in [0.4, 0.5) is 0 Å². The first-order valence-corrected chi connectivity index (χ1v) is 30.2. The van der Waals surface area contributed by atoms with Gasteiger partial charge in [-0.1, -0.05) is 290 Å². The molecule has 0 amide bonds. The lowest BCUT2D eigenvalue weighted by Gasteiger charge is -2.18. The van der Waals surface area contributed by atoms with E-state index >= 15 is 0 Å². The summed E-state index contributed by atoms with van der Waals surface area (Å²) in [6, 6.07) is 0. The van der Waals surface area contributed by atoms with E-state index in [4.69, 9.17) is 14.2 Å². The van der Waals surface area contributed by atoms with Crippen LogP contribution in [-0.4, -0.2) is 37.2 Å². The van der Waals surface area contributed by atoms with Crippen LogP contribution in [0.3, 0.4) is 0 Å². The van der Waals surface area contributed by atoms with Crippen molar-refractivity contribution in [1.29, 1.82) is 0 Å². The number of esters is 3. The van der Waals surface area contributed by atoms with Crippen molar-refractivity contribution in [2.24, 2.45) is 0 Å². The van der Waals surface area contributed by atoms with Gasteiger partial charge in [0, 0.05) is 19.3 Å². The van der Waals surface area contributed by atoms with E-state index in [-0.39, 0.29) is 31.1 Å². The first-order chi connectivity index (χ1) is 33.0. The van der Waals surface area contributed by atoms with Gasteiger partial charge in [-0.15, -0.1) is 0 Å². The second-order valence-electron chi connectivity index (χ2n) is 20.6. The van der Waals surface area contributed by atoms with Crippen LogP contribution in [0.25, 0.3) is 0 Å². The molecule has 0 aliphatic rings. The van der Waals surface area contributed by atoms with Gasteiger partial charge in [0.05, 0.1) is 0 Å². The van der Waals surface area contributed by atoms with Crippen LogP contribution >= 0.6 is 0 Å². The predicted molar refractivity (Wildman–Crippen MR) is 289 cm³/mol. The quantitative estimate of drug-likeness (QED) is 0.0262. The number of hydrogen-bond acceptors (Lipinski definition) is 6. The Hall–Kier alpha value is -1.85. The van der Waals surface area contributed by atoms with Gasteiger partial charge in [0.1, 0.15) is 13.2 Å². The van der Waals surface area contributed by atoms with E-state index in [0.717, 1.165) is 57.8 Å². The average molecular weight is 946 g/mol. The molecule has 0 N–H and O–H groups in total. The number of unbranched alkanes of at least 4 members (excludes halogenated alkanes) is 43. The zero-order valence-corrected chi connectivity index (χ0v) is 45.5. The minimum atomic E-state index is -0.766. The van der Waals surface area contributed by atoms with E-state index in [2.05, 4.69) is 32.9 Å². The number of ether oxygens (including phenoxy) is 3. The van der Waals surface area contributed by atoms with Crippen LogP contribution in [0.5, 0.6) is 0 Å². The molecule has 0 heterocycles. The Kier molecular flexibility index (Phi) is 55.2. The molecule has 0 aliphatic carbocycles. The van der Waals surface area contributed by atoms with Crippen LogP contribution in [0.1, 0.15) is 342 Å². The lowest BCUT2D eigenvalue weighted by molar-refractivity contribution is -0.167. The van der Waals surface area contributed by atoms with Crippen molar-refractivity contribution >= 4 is 17.9 Å². The number of hydrogen-bond donors (Lipinski definition) is 0. The second kappa shape index (κ2) is 56.7. The van der Waals surface area contributed by atoms with E-state index in [0.29, 0.717) is 19.3 Å². The highest BCUT2D eigenvalue weighted by atomic mass is 16.6.